The molecular formula is C16H33N3O2S. The Morgan fingerprint density at radius 1 is 1.05 bits per heavy atom. The Balaban J connectivity index is 1.65. The van der Waals surface area contributed by atoms with Gasteiger partial charge in [0, 0.05) is 32.2 Å². The zero-order valence-corrected chi connectivity index (χ0v) is 15.1. The lowest BCUT2D eigenvalue weighted by Gasteiger charge is -2.36. The zero-order chi connectivity index (χ0) is 16.0. The van der Waals surface area contributed by atoms with Crippen LogP contribution in [0.4, 0.5) is 0 Å². The van der Waals surface area contributed by atoms with Crippen LogP contribution in [0.15, 0.2) is 0 Å². The maximum Gasteiger partial charge on any atom is 0.214 e. The van der Waals surface area contributed by atoms with Gasteiger partial charge in [-0.3, -0.25) is 4.90 Å². The predicted molar refractivity (Wildman–Crippen MR) is 91.5 cm³/mol. The molecule has 2 rings (SSSR count). The van der Waals surface area contributed by atoms with Crippen LogP contribution in [0.5, 0.6) is 0 Å². The highest BCUT2D eigenvalue weighted by Crippen LogP contribution is 2.19. The molecule has 0 bridgehead atoms. The van der Waals surface area contributed by atoms with Crippen molar-refractivity contribution in [1.82, 2.24) is 14.5 Å². The summed E-state index contributed by atoms with van der Waals surface area (Å²) in [5.74, 6) is 1.14. The second kappa shape index (κ2) is 8.62. The van der Waals surface area contributed by atoms with Crippen LogP contribution in [-0.2, 0) is 10.0 Å². The molecule has 6 heteroatoms. The number of unbranched alkanes of at least 4 members (excludes halogenated alkanes) is 1. The van der Waals surface area contributed by atoms with Crippen LogP contribution in [-0.4, -0.2) is 68.7 Å². The van der Waals surface area contributed by atoms with Gasteiger partial charge in [-0.05, 0) is 52.1 Å². The van der Waals surface area contributed by atoms with Crippen molar-refractivity contribution < 1.29 is 8.42 Å². The van der Waals surface area contributed by atoms with E-state index in [0.717, 1.165) is 44.9 Å². The third-order valence-electron chi connectivity index (χ3n) is 5.12. The molecule has 2 heterocycles. The van der Waals surface area contributed by atoms with E-state index in [0.29, 0.717) is 24.9 Å². The number of rotatable bonds is 7. The van der Waals surface area contributed by atoms with E-state index in [4.69, 9.17) is 0 Å². The molecule has 0 spiro atoms. The second-order valence-electron chi connectivity index (χ2n) is 7.03. The Morgan fingerprint density at radius 3 is 2.27 bits per heavy atom. The Morgan fingerprint density at radius 2 is 1.68 bits per heavy atom. The van der Waals surface area contributed by atoms with Crippen LogP contribution in [0.3, 0.4) is 0 Å². The molecule has 0 aliphatic carbocycles. The minimum absolute atomic E-state index is 0.333. The van der Waals surface area contributed by atoms with Gasteiger partial charge in [-0.2, -0.15) is 4.31 Å². The molecule has 0 unspecified atom stereocenters. The molecule has 5 nitrogen and oxygen atoms in total. The minimum Gasteiger partial charge on any atom is -0.317 e. The molecule has 2 saturated heterocycles. The molecule has 0 radical (unpaired) electrons. The molecule has 0 amide bonds. The van der Waals surface area contributed by atoms with Crippen molar-refractivity contribution in [3.63, 3.8) is 0 Å². The monoisotopic (exact) mass is 331 g/mol. The van der Waals surface area contributed by atoms with Crippen LogP contribution in [0.2, 0.25) is 0 Å². The molecule has 0 saturated carbocycles. The van der Waals surface area contributed by atoms with Gasteiger partial charge in [-0.25, -0.2) is 8.42 Å². The molecular weight excluding hydrogens is 298 g/mol. The summed E-state index contributed by atoms with van der Waals surface area (Å²) in [6.07, 6.45) is 5.57. The van der Waals surface area contributed by atoms with Gasteiger partial charge in [-0.1, -0.05) is 12.8 Å². The van der Waals surface area contributed by atoms with Gasteiger partial charge in [-0.15, -0.1) is 0 Å². The maximum atomic E-state index is 12.4. The summed E-state index contributed by atoms with van der Waals surface area (Å²) in [4.78, 5) is 2.35. The number of hydrogen-bond acceptors (Lipinski definition) is 4. The van der Waals surface area contributed by atoms with Crippen molar-refractivity contribution in [2.24, 2.45) is 5.92 Å². The first-order chi connectivity index (χ1) is 10.5. The second-order valence-corrected chi connectivity index (χ2v) is 9.12. The van der Waals surface area contributed by atoms with E-state index in [9.17, 15) is 8.42 Å². The van der Waals surface area contributed by atoms with Crippen LogP contribution in [0.1, 0.15) is 46.0 Å². The molecule has 2 aliphatic rings. The molecule has 0 aromatic carbocycles. The first-order valence-corrected chi connectivity index (χ1v) is 10.5. The maximum absolute atomic E-state index is 12.4. The van der Waals surface area contributed by atoms with Gasteiger partial charge < -0.3 is 5.32 Å². The highest BCUT2D eigenvalue weighted by Gasteiger charge is 2.27. The van der Waals surface area contributed by atoms with E-state index in [1.165, 1.54) is 19.3 Å². The van der Waals surface area contributed by atoms with Gasteiger partial charge in [0.05, 0.1) is 5.75 Å². The highest BCUT2D eigenvalue weighted by molar-refractivity contribution is 7.89. The molecule has 0 aromatic rings. The predicted octanol–water partition coefficient (Wildman–Crippen LogP) is 1.51. The first kappa shape index (κ1) is 18.2. The smallest absolute Gasteiger partial charge is 0.214 e. The summed E-state index contributed by atoms with van der Waals surface area (Å²) in [7, 11) is -3.04. The fourth-order valence-electron chi connectivity index (χ4n) is 3.52. The highest BCUT2D eigenvalue weighted by atomic mass is 32.2. The number of nitrogens with zero attached hydrogens (tertiary/aromatic N) is 2. The van der Waals surface area contributed by atoms with Crippen molar-refractivity contribution >= 4 is 10.0 Å². The number of piperazine rings is 1. The normalized spacial score (nSPS) is 23.2. The molecule has 0 aromatic heterocycles. The van der Waals surface area contributed by atoms with E-state index < -0.39 is 10.0 Å². The fourth-order valence-corrected chi connectivity index (χ4v) is 5.06. The lowest BCUT2D eigenvalue weighted by molar-refractivity contribution is 0.154. The van der Waals surface area contributed by atoms with Gasteiger partial charge in [0.1, 0.15) is 0 Å². The summed E-state index contributed by atoms with van der Waals surface area (Å²) in [5.41, 5.74) is 0. The van der Waals surface area contributed by atoms with Crippen molar-refractivity contribution in [3.05, 3.63) is 0 Å². The average Bonchev–Trinajstić information content (AvgIpc) is 2.53. The average molecular weight is 332 g/mol. The topological polar surface area (TPSA) is 52.7 Å². The molecule has 2 fully saturated rings. The van der Waals surface area contributed by atoms with Crippen molar-refractivity contribution in [1.29, 1.82) is 0 Å². The minimum atomic E-state index is -3.04. The van der Waals surface area contributed by atoms with E-state index in [1.807, 2.05) is 0 Å². The molecule has 22 heavy (non-hydrogen) atoms. The third-order valence-corrected chi connectivity index (χ3v) is 7.08. The van der Waals surface area contributed by atoms with E-state index >= 15 is 0 Å². The van der Waals surface area contributed by atoms with Gasteiger partial charge >= 0.3 is 0 Å². The van der Waals surface area contributed by atoms with Crippen LogP contribution in [0.25, 0.3) is 0 Å². The fraction of sp³-hybridized carbons (Fsp3) is 1.00. The van der Waals surface area contributed by atoms with E-state index in [2.05, 4.69) is 24.1 Å². The largest absolute Gasteiger partial charge is 0.317 e. The first-order valence-electron chi connectivity index (χ1n) is 8.91. The zero-order valence-electron chi connectivity index (χ0n) is 14.3. The lowest BCUT2D eigenvalue weighted by atomic mass is 9.93. The van der Waals surface area contributed by atoms with Crippen LogP contribution in [0, 0.1) is 5.92 Å². The number of piperidine rings is 1. The van der Waals surface area contributed by atoms with Crippen LogP contribution >= 0.6 is 0 Å². The van der Waals surface area contributed by atoms with Crippen molar-refractivity contribution in [2.45, 2.75) is 52.0 Å². The SMILES string of the molecule is CC(C)N1CCN(S(=O)(=O)CCCCC2CCNCC2)CC1. The summed E-state index contributed by atoms with van der Waals surface area (Å²) in [6, 6.07) is 0.509. The van der Waals surface area contributed by atoms with Crippen molar-refractivity contribution in [3.8, 4) is 0 Å². The Labute approximate surface area is 136 Å². The summed E-state index contributed by atoms with van der Waals surface area (Å²) < 4.78 is 26.5. The quantitative estimate of drug-likeness (QED) is 0.719. The lowest BCUT2D eigenvalue weighted by Crippen LogP contribution is -2.51. The van der Waals surface area contributed by atoms with E-state index in [1.54, 1.807) is 4.31 Å². The standard InChI is InChI=1S/C16H33N3O2S/c1-15(2)18-10-12-19(13-11-18)22(20,21)14-4-3-5-16-6-8-17-9-7-16/h15-17H,3-14H2,1-2H3. The summed E-state index contributed by atoms with van der Waals surface area (Å²) >= 11 is 0. The van der Waals surface area contributed by atoms with Gasteiger partial charge in [0.25, 0.3) is 0 Å². The molecule has 130 valence electrons. The van der Waals surface area contributed by atoms with E-state index in [-0.39, 0.29) is 0 Å². The third kappa shape index (κ3) is 5.48. The Bertz CT molecular complexity index is 411. The number of hydrogen-bond donors (Lipinski definition) is 1. The Kier molecular flexibility index (Phi) is 7.12. The summed E-state index contributed by atoms with van der Waals surface area (Å²) in [6.45, 7) is 9.66. The van der Waals surface area contributed by atoms with Gasteiger partial charge in [0.2, 0.25) is 10.0 Å². The number of sulfonamides is 1. The number of nitrogens with one attached hydrogen (secondary N) is 1. The van der Waals surface area contributed by atoms with Crippen LogP contribution < -0.4 is 5.32 Å². The van der Waals surface area contributed by atoms with Gasteiger partial charge in [0.15, 0.2) is 0 Å². The molecule has 1 N–H and O–H groups in total. The molecule has 0 atom stereocenters. The van der Waals surface area contributed by atoms with Crippen molar-refractivity contribution in [2.75, 3.05) is 45.0 Å². The Hall–Kier alpha value is -0.170. The summed E-state index contributed by atoms with van der Waals surface area (Å²) in [5, 5.41) is 3.38. The molecule has 2 aliphatic heterocycles.